The number of carbonyl (C=O) groups excluding carboxylic acids is 1. The molecule has 2 atom stereocenters. The Labute approximate surface area is 147 Å². The molecule has 1 N–H and O–H groups in total. The molecule has 1 aromatic rings. The van der Waals surface area contributed by atoms with Crippen LogP contribution in [0.4, 0.5) is 4.79 Å². The molecule has 5 heteroatoms. The lowest BCUT2D eigenvalue weighted by Gasteiger charge is -2.29. The smallest absolute Gasteiger partial charge is 0.410 e. The van der Waals surface area contributed by atoms with E-state index in [4.69, 9.17) is 4.74 Å². The van der Waals surface area contributed by atoms with Crippen LogP contribution < -0.4 is 5.32 Å². The van der Waals surface area contributed by atoms with Crippen molar-refractivity contribution in [1.29, 1.82) is 0 Å². The van der Waals surface area contributed by atoms with Gasteiger partial charge in [0.25, 0.3) is 0 Å². The number of nitrogens with one attached hydrogen (secondary N) is 1. The van der Waals surface area contributed by atoms with Crippen LogP contribution in [0.1, 0.15) is 52.1 Å². The van der Waals surface area contributed by atoms with E-state index in [0.717, 1.165) is 30.4 Å². The molecule has 2 rings (SSSR count). The molecule has 2 unspecified atom stereocenters. The fourth-order valence-corrected chi connectivity index (χ4v) is 3.06. The van der Waals surface area contributed by atoms with E-state index < -0.39 is 5.60 Å². The predicted molar refractivity (Wildman–Crippen MR) is 96.5 cm³/mol. The third-order valence-electron chi connectivity index (χ3n) is 4.03. The Morgan fingerprint density at radius 1 is 1.39 bits per heavy atom. The van der Waals surface area contributed by atoms with E-state index in [-0.39, 0.29) is 18.2 Å². The molecule has 128 valence electrons. The number of likely N-dealkylation sites (tertiary alicyclic amines) is 1. The molecule has 0 aromatic heterocycles. The van der Waals surface area contributed by atoms with Gasteiger partial charge in [-0.2, -0.15) is 0 Å². The van der Waals surface area contributed by atoms with Crippen molar-refractivity contribution in [2.45, 2.75) is 58.2 Å². The van der Waals surface area contributed by atoms with Gasteiger partial charge >= 0.3 is 6.09 Å². The summed E-state index contributed by atoms with van der Waals surface area (Å²) in [4.78, 5) is 14.2. The molecule has 1 saturated heterocycles. The first kappa shape index (κ1) is 18.3. The molecule has 0 radical (unpaired) electrons. The predicted octanol–water partition coefficient (Wildman–Crippen LogP) is 4.50. The number of rotatable bonds is 4. The summed E-state index contributed by atoms with van der Waals surface area (Å²) in [5, 5.41) is 3.54. The standard InChI is InChI=1S/C18H27BrN2O2/c1-13(14-7-9-15(19)10-8-14)20-12-16-6-5-11-21(16)17(22)23-18(2,3)4/h7-10,13,16,20H,5-6,11-12H2,1-4H3. The van der Waals surface area contributed by atoms with Crippen molar-refractivity contribution in [3.05, 3.63) is 34.3 Å². The van der Waals surface area contributed by atoms with Crippen molar-refractivity contribution in [3.8, 4) is 0 Å². The second-order valence-electron chi connectivity index (χ2n) is 7.15. The Morgan fingerprint density at radius 2 is 2.04 bits per heavy atom. The monoisotopic (exact) mass is 382 g/mol. The van der Waals surface area contributed by atoms with Gasteiger partial charge in [0.15, 0.2) is 0 Å². The topological polar surface area (TPSA) is 41.6 Å². The molecule has 1 aliphatic rings. The second kappa shape index (κ2) is 7.67. The molecule has 23 heavy (non-hydrogen) atoms. The lowest BCUT2D eigenvalue weighted by atomic mass is 10.1. The average molecular weight is 383 g/mol. The van der Waals surface area contributed by atoms with Crippen LogP contribution in [0.5, 0.6) is 0 Å². The van der Waals surface area contributed by atoms with Gasteiger partial charge in [0.05, 0.1) is 0 Å². The van der Waals surface area contributed by atoms with E-state index in [0.29, 0.717) is 0 Å². The average Bonchev–Trinajstić information content (AvgIpc) is 2.92. The summed E-state index contributed by atoms with van der Waals surface area (Å²) in [5.74, 6) is 0. The Bertz CT molecular complexity index is 525. The molecular weight excluding hydrogens is 356 g/mol. The third-order valence-corrected chi connectivity index (χ3v) is 4.56. The molecular formula is C18H27BrN2O2. The van der Waals surface area contributed by atoms with Gasteiger partial charge in [-0.25, -0.2) is 4.79 Å². The van der Waals surface area contributed by atoms with Crippen molar-refractivity contribution in [3.63, 3.8) is 0 Å². The molecule has 1 fully saturated rings. The lowest BCUT2D eigenvalue weighted by molar-refractivity contribution is 0.0225. The van der Waals surface area contributed by atoms with Gasteiger partial charge in [0.1, 0.15) is 5.60 Å². The van der Waals surface area contributed by atoms with E-state index in [2.05, 4.69) is 52.4 Å². The van der Waals surface area contributed by atoms with Gasteiger partial charge in [-0.05, 0) is 58.2 Å². The highest BCUT2D eigenvalue weighted by Crippen LogP contribution is 2.22. The summed E-state index contributed by atoms with van der Waals surface area (Å²) < 4.78 is 6.59. The maximum Gasteiger partial charge on any atom is 0.410 e. The minimum absolute atomic E-state index is 0.196. The molecule has 1 aliphatic heterocycles. The number of nitrogens with zero attached hydrogens (tertiary/aromatic N) is 1. The first-order valence-corrected chi connectivity index (χ1v) is 9.04. The van der Waals surface area contributed by atoms with Gasteiger partial charge in [-0.1, -0.05) is 28.1 Å². The van der Waals surface area contributed by atoms with Crippen LogP contribution in [0, 0.1) is 0 Å². The van der Waals surface area contributed by atoms with E-state index in [1.165, 1.54) is 5.56 Å². The third kappa shape index (κ3) is 5.50. The molecule has 1 heterocycles. The summed E-state index contributed by atoms with van der Waals surface area (Å²) in [7, 11) is 0. The Morgan fingerprint density at radius 3 is 2.65 bits per heavy atom. The SMILES string of the molecule is CC(NCC1CCCN1C(=O)OC(C)(C)C)c1ccc(Br)cc1. The summed E-state index contributed by atoms with van der Waals surface area (Å²) in [6.07, 6.45) is 1.87. The second-order valence-corrected chi connectivity index (χ2v) is 8.07. The zero-order chi connectivity index (χ0) is 17.0. The highest BCUT2D eigenvalue weighted by atomic mass is 79.9. The Hall–Kier alpha value is -1.07. The maximum atomic E-state index is 12.3. The first-order chi connectivity index (χ1) is 10.8. The number of hydrogen-bond donors (Lipinski definition) is 1. The van der Waals surface area contributed by atoms with E-state index in [1.807, 2.05) is 25.7 Å². The summed E-state index contributed by atoms with van der Waals surface area (Å²) in [5.41, 5.74) is 0.803. The number of ether oxygens (including phenoxy) is 1. The van der Waals surface area contributed by atoms with Crippen molar-refractivity contribution >= 4 is 22.0 Å². The number of halogens is 1. The maximum absolute atomic E-state index is 12.3. The molecule has 0 saturated carbocycles. The van der Waals surface area contributed by atoms with Crippen molar-refractivity contribution in [1.82, 2.24) is 10.2 Å². The van der Waals surface area contributed by atoms with Gasteiger partial charge in [-0.15, -0.1) is 0 Å². The lowest BCUT2D eigenvalue weighted by Crippen LogP contribution is -2.44. The summed E-state index contributed by atoms with van der Waals surface area (Å²) in [6, 6.07) is 8.79. The molecule has 0 bridgehead atoms. The fraction of sp³-hybridized carbons (Fsp3) is 0.611. The van der Waals surface area contributed by atoms with Crippen molar-refractivity contribution < 1.29 is 9.53 Å². The van der Waals surface area contributed by atoms with Gasteiger partial charge in [0, 0.05) is 29.6 Å². The largest absolute Gasteiger partial charge is 0.444 e. The number of carbonyl (C=O) groups is 1. The van der Waals surface area contributed by atoms with Gasteiger partial charge in [0.2, 0.25) is 0 Å². The molecule has 0 aliphatic carbocycles. The normalized spacial score (nSPS) is 19.7. The molecule has 1 aromatic carbocycles. The first-order valence-electron chi connectivity index (χ1n) is 8.25. The van der Waals surface area contributed by atoms with Crippen molar-refractivity contribution in [2.24, 2.45) is 0 Å². The van der Waals surface area contributed by atoms with Crippen LogP contribution in [0.25, 0.3) is 0 Å². The number of hydrogen-bond acceptors (Lipinski definition) is 3. The highest BCUT2D eigenvalue weighted by molar-refractivity contribution is 9.10. The van der Waals surface area contributed by atoms with Crippen LogP contribution in [0.2, 0.25) is 0 Å². The van der Waals surface area contributed by atoms with Crippen LogP contribution in [0.3, 0.4) is 0 Å². The zero-order valence-electron chi connectivity index (χ0n) is 14.4. The number of benzene rings is 1. The molecule has 1 amide bonds. The highest BCUT2D eigenvalue weighted by Gasteiger charge is 2.32. The molecule has 0 spiro atoms. The summed E-state index contributed by atoms with van der Waals surface area (Å²) >= 11 is 3.46. The minimum Gasteiger partial charge on any atom is -0.444 e. The Kier molecular flexibility index (Phi) is 6.09. The van der Waals surface area contributed by atoms with Crippen LogP contribution in [0.15, 0.2) is 28.7 Å². The van der Waals surface area contributed by atoms with Gasteiger partial charge in [-0.3, -0.25) is 0 Å². The van der Waals surface area contributed by atoms with Crippen molar-refractivity contribution in [2.75, 3.05) is 13.1 Å². The van der Waals surface area contributed by atoms with E-state index in [1.54, 1.807) is 0 Å². The van der Waals surface area contributed by atoms with Crippen LogP contribution in [-0.2, 0) is 4.74 Å². The summed E-state index contributed by atoms with van der Waals surface area (Å²) in [6.45, 7) is 9.44. The van der Waals surface area contributed by atoms with Gasteiger partial charge < -0.3 is 15.0 Å². The fourth-order valence-electron chi connectivity index (χ4n) is 2.79. The van der Waals surface area contributed by atoms with E-state index >= 15 is 0 Å². The van der Waals surface area contributed by atoms with Crippen LogP contribution in [-0.4, -0.2) is 35.7 Å². The van der Waals surface area contributed by atoms with Crippen LogP contribution >= 0.6 is 15.9 Å². The quantitative estimate of drug-likeness (QED) is 0.833. The Balaban J connectivity index is 1.88. The minimum atomic E-state index is -0.442. The zero-order valence-corrected chi connectivity index (χ0v) is 16.0. The molecule has 4 nitrogen and oxygen atoms in total. The van der Waals surface area contributed by atoms with E-state index in [9.17, 15) is 4.79 Å². The number of amides is 1.